The van der Waals surface area contributed by atoms with Gasteiger partial charge in [0.1, 0.15) is 5.82 Å². The van der Waals surface area contributed by atoms with Crippen molar-refractivity contribution in [2.24, 2.45) is 0 Å². The number of hydrogen-bond acceptors (Lipinski definition) is 5. The Labute approximate surface area is 155 Å². The van der Waals surface area contributed by atoms with Crippen molar-refractivity contribution in [3.8, 4) is 17.0 Å². The molecule has 0 unspecified atom stereocenters. The molecular weight excluding hydrogens is 350 g/mol. The molecule has 0 radical (unpaired) electrons. The van der Waals surface area contributed by atoms with E-state index in [4.69, 9.17) is 16.3 Å². The summed E-state index contributed by atoms with van der Waals surface area (Å²) in [6.07, 6.45) is 5.30. The van der Waals surface area contributed by atoms with Gasteiger partial charge in [0.2, 0.25) is 5.88 Å². The summed E-state index contributed by atoms with van der Waals surface area (Å²) in [5, 5.41) is 8.57. The number of anilines is 1. The summed E-state index contributed by atoms with van der Waals surface area (Å²) in [6, 6.07) is 13.4. The fourth-order valence-corrected chi connectivity index (χ4v) is 2.94. The van der Waals surface area contributed by atoms with Crippen LogP contribution in [0.2, 0.25) is 5.02 Å². The second-order valence-corrected chi connectivity index (χ2v) is 6.13. The van der Waals surface area contributed by atoms with E-state index in [1.165, 1.54) is 0 Å². The van der Waals surface area contributed by atoms with Crippen molar-refractivity contribution >= 4 is 23.1 Å². The number of methoxy groups -OCH3 is 1. The normalized spacial score (nSPS) is 10.8. The lowest BCUT2D eigenvalue weighted by atomic mass is 10.1. The maximum absolute atomic E-state index is 6.04. The SMILES string of the molecule is COc1ccc(-c2cnn3c(NCc4cccc(Cl)c4)ccnc23)cn1. The summed E-state index contributed by atoms with van der Waals surface area (Å²) in [7, 11) is 1.59. The van der Waals surface area contributed by atoms with Gasteiger partial charge in [0.15, 0.2) is 5.65 Å². The maximum Gasteiger partial charge on any atom is 0.212 e. The third-order valence-electron chi connectivity index (χ3n) is 4.02. The van der Waals surface area contributed by atoms with E-state index in [2.05, 4.69) is 20.4 Å². The summed E-state index contributed by atoms with van der Waals surface area (Å²) < 4.78 is 6.89. The van der Waals surface area contributed by atoms with E-state index < -0.39 is 0 Å². The highest BCUT2D eigenvalue weighted by atomic mass is 35.5. The van der Waals surface area contributed by atoms with Crippen LogP contribution in [-0.4, -0.2) is 26.7 Å². The standard InChI is InChI=1S/C19H16ClN5O/c1-26-18-6-5-14(11-23-18)16-12-24-25-17(7-8-21-19(16)25)22-10-13-3-2-4-15(20)9-13/h2-9,11-12,22H,10H2,1H3. The molecule has 1 N–H and O–H groups in total. The molecule has 0 aliphatic heterocycles. The molecule has 0 aliphatic rings. The third kappa shape index (κ3) is 3.19. The van der Waals surface area contributed by atoms with Gasteiger partial charge in [-0.05, 0) is 29.8 Å². The van der Waals surface area contributed by atoms with Crippen LogP contribution in [0, 0.1) is 0 Å². The van der Waals surface area contributed by atoms with Crippen LogP contribution in [0.25, 0.3) is 16.8 Å². The Morgan fingerprint density at radius 1 is 1.12 bits per heavy atom. The number of benzene rings is 1. The number of hydrogen-bond donors (Lipinski definition) is 1. The molecule has 26 heavy (non-hydrogen) atoms. The molecule has 4 rings (SSSR count). The van der Waals surface area contributed by atoms with Crippen molar-refractivity contribution in [2.45, 2.75) is 6.54 Å². The first-order chi connectivity index (χ1) is 12.7. The monoisotopic (exact) mass is 365 g/mol. The van der Waals surface area contributed by atoms with Crippen LogP contribution in [0.4, 0.5) is 5.82 Å². The molecule has 0 amide bonds. The Bertz CT molecular complexity index is 1050. The molecule has 3 aromatic heterocycles. The van der Waals surface area contributed by atoms with E-state index in [1.807, 2.05) is 42.5 Å². The van der Waals surface area contributed by atoms with Crippen molar-refractivity contribution in [1.82, 2.24) is 19.6 Å². The minimum atomic E-state index is 0.571. The molecule has 0 bridgehead atoms. The van der Waals surface area contributed by atoms with Crippen molar-refractivity contribution in [3.05, 3.63) is 71.6 Å². The highest BCUT2D eigenvalue weighted by Gasteiger charge is 2.11. The quantitative estimate of drug-likeness (QED) is 0.577. The number of fused-ring (bicyclic) bond motifs is 1. The van der Waals surface area contributed by atoms with Gasteiger partial charge in [0.05, 0.1) is 13.3 Å². The lowest BCUT2D eigenvalue weighted by Crippen LogP contribution is -2.05. The Morgan fingerprint density at radius 2 is 2.04 bits per heavy atom. The average molecular weight is 366 g/mol. The first kappa shape index (κ1) is 16.4. The van der Waals surface area contributed by atoms with Gasteiger partial charge in [-0.15, -0.1) is 0 Å². The molecule has 6 nitrogen and oxygen atoms in total. The summed E-state index contributed by atoms with van der Waals surface area (Å²) in [6.45, 7) is 0.638. The lowest BCUT2D eigenvalue weighted by Gasteiger charge is -2.09. The van der Waals surface area contributed by atoms with Crippen LogP contribution >= 0.6 is 11.6 Å². The summed E-state index contributed by atoms with van der Waals surface area (Å²) in [5.74, 6) is 1.42. The second kappa shape index (κ2) is 7.01. The lowest BCUT2D eigenvalue weighted by molar-refractivity contribution is 0.398. The zero-order valence-corrected chi connectivity index (χ0v) is 14.8. The Kier molecular flexibility index (Phi) is 4.41. The van der Waals surface area contributed by atoms with Crippen LogP contribution in [0.1, 0.15) is 5.56 Å². The summed E-state index contributed by atoms with van der Waals surface area (Å²) >= 11 is 6.04. The molecule has 0 saturated heterocycles. The molecule has 130 valence electrons. The number of nitrogens with zero attached hydrogens (tertiary/aromatic N) is 4. The van der Waals surface area contributed by atoms with Gasteiger partial charge in [-0.25, -0.2) is 9.97 Å². The molecular formula is C19H16ClN5O. The molecule has 0 fully saturated rings. The van der Waals surface area contributed by atoms with E-state index in [-0.39, 0.29) is 0 Å². The summed E-state index contributed by atoms with van der Waals surface area (Å²) in [4.78, 5) is 8.72. The average Bonchev–Trinajstić information content (AvgIpc) is 3.11. The largest absolute Gasteiger partial charge is 0.481 e. The Balaban J connectivity index is 1.64. The number of halogens is 1. The van der Waals surface area contributed by atoms with Crippen molar-refractivity contribution in [1.29, 1.82) is 0 Å². The summed E-state index contributed by atoms with van der Waals surface area (Å²) in [5.41, 5.74) is 3.69. The number of ether oxygens (including phenoxy) is 1. The number of rotatable bonds is 5. The van der Waals surface area contributed by atoms with Gasteiger partial charge >= 0.3 is 0 Å². The zero-order valence-electron chi connectivity index (χ0n) is 14.1. The number of aromatic nitrogens is 4. The highest BCUT2D eigenvalue weighted by Crippen LogP contribution is 2.25. The fraction of sp³-hybridized carbons (Fsp3) is 0.105. The van der Waals surface area contributed by atoms with E-state index in [1.54, 1.807) is 30.2 Å². The van der Waals surface area contributed by atoms with Gasteiger partial charge in [-0.1, -0.05) is 23.7 Å². The zero-order chi connectivity index (χ0) is 17.9. The van der Waals surface area contributed by atoms with Crippen molar-refractivity contribution in [3.63, 3.8) is 0 Å². The predicted octanol–water partition coefficient (Wildman–Crippen LogP) is 4.07. The number of pyridine rings is 1. The number of nitrogens with one attached hydrogen (secondary N) is 1. The Hall–Kier alpha value is -3.12. The highest BCUT2D eigenvalue weighted by molar-refractivity contribution is 6.30. The second-order valence-electron chi connectivity index (χ2n) is 5.70. The van der Waals surface area contributed by atoms with E-state index >= 15 is 0 Å². The van der Waals surface area contributed by atoms with Crippen LogP contribution < -0.4 is 10.1 Å². The topological polar surface area (TPSA) is 64.3 Å². The van der Waals surface area contributed by atoms with E-state index in [0.717, 1.165) is 33.2 Å². The van der Waals surface area contributed by atoms with E-state index in [9.17, 15) is 0 Å². The molecule has 0 saturated carbocycles. The minimum Gasteiger partial charge on any atom is -0.481 e. The maximum atomic E-state index is 6.04. The van der Waals surface area contributed by atoms with Crippen LogP contribution in [0.15, 0.2) is 61.1 Å². The van der Waals surface area contributed by atoms with Gasteiger partial charge < -0.3 is 10.1 Å². The van der Waals surface area contributed by atoms with Crippen molar-refractivity contribution < 1.29 is 4.74 Å². The molecule has 0 spiro atoms. The molecule has 0 aliphatic carbocycles. The molecule has 0 atom stereocenters. The minimum absolute atomic E-state index is 0.571. The molecule has 3 heterocycles. The van der Waals surface area contributed by atoms with Crippen LogP contribution in [0.5, 0.6) is 5.88 Å². The Morgan fingerprint density at radius 3 is 2.81 bits per heavy atom. The molecule has 7 heteroatoms. The van der Waals surface area contributed by atoms with Gasteiger partial charge in [0, 0.05) is 41.2 Å². The van der Waals surface area contributed by atoms with Gasteiger partial charge in [-0.2, -0.15) is 9.61 Å². The first-order valence-corrected chi connectivity index (χ1v) is 8.44. The molecule has 1 aromatic carbocycles. The smallest absolute Gasteiger partial charge is 0.212 e. The fourth-order valence-electron chi connectivity index (χ4n) is 2.73. The predicted molar refractivity (Wildman–Crippen MR) is 102 cm³/mol. The van der Waals surface area contributed by atoms with Crippen molar-refractivity contribution in [2.75, 3.05) is 12.4 Å². The molecule has 4 aromatic rings. The van der Waals surface area contributed by atoms with E-state index in [0.29, 0.717) is 12.4 Å². The first-order valence-electron chi connectivity index (χ1n) is 8.06. The van der Waals surface area contributed by atoms with Crippen LogP contribution in [0.3, 0.4) is 0 Å². The van der Waals surface area contributed by atoms with Crippen LogP contribution in [-0.2, 0) is 6.54 Å². The third-order valence-corrected chi connectivity index (χ3v) is 4.26. The van der Waals surface area contributed by atoms with Gasteiger partial charge in [0.25, 0.3) is 0 Å². The van der Waals surface area contributed by atoms with Gasteiger partial charge in [-0.3, -0.25) is 0 Å².